The average molecular weight is 179 g/mol. The Bertz CT molecular complexity index is 316. The summed E-state index contributed by atoms with van der Waals surface area (Å²) < 4.78 is 13.2. The van der Waals surface area contributed by atoms with Crippen LogP contribution >= 0.6 is 0 Å². The van der Waals surface area contributed by atoms with Crippen LogP contribution < -0.4 is 5.73 Å². The molecular formula is C11H14FN. The van der Waals surface area contributed by atoms with Crippen molar-refractivity contribution < 1.29 is 4.39 Å². The molecule has 0 spiro atoms. The maximum Gasteiger partial charge on any atom is 0.130 e. The predicted octanol–water partition coefficient (Wildman–Crippen LogP) is 2.49. The number of hydrogen-bond donors (Lipinski definition) is 1. The Balaban J connectivity index is 2.90. The third-order valence-electron chi connectivity index (χ3n) is 1.74. The van der Waals surface area contributed by atoms with Crippen LogP contribution in [0.2, 0.25) is 0 Å². The molecule has 0 fully saturated rings. The van der Waals surface area contributed by atoms with Gasteiger partial charge in [-0.2, -0.15) is 0 Å². The molecule has 1 unspecified atom stereocenters. The second-order valence-electron chi connectivity index (χ2n) is 3.24. The van der Waals surface area contributed by atoms with Gasteiger partial charge in [-0.05, 0) is 25.5 Å². The second kappa shape index (κ2) is 4.19. The zero-order valence-electron chi connectivity index (χ0n) is 7.92. The van der Waals surface area contributed by atoms with E-state index in [9.17, 15) is 4.39 Å². The molecule has 0 aliphatic heterocycles. The van der Waals surface area contributed by atoms with Gasteiger partial charge in [-0.15, -0.1) is 0 Å². The summed E-state index contributed by atoms with van der Waals surface area (Å²) in [5.74, 6) is -0.197. The number of nitrogens with two attached hydrogens (primary N) is 1. The molecule has 2 heteroatoms. The SMILES string of the molecule is Cc1ccc(/C=C/C(C)N)c(F)c1. The van der Waals surface area contributed by atoms with Gasteiger partial charge in [0.25, 0.3) is 0 Å². The fourth-order valence-corrected chi connectivity index (χ4v) is 1.02. The van der Waals surface area contributed by atoms with E-state index in [1.807, 2.05) is 19.9 Å². The fraction of sp³-hybridized carbons (Fsp3) is 0.273. The van der Waals surface area contributed by atoms with Gasteiger partial charge in [0.15, 0.2) is 0 Å². The Morgan fingerprint density at radius 2 is 2.15 bits per heavy atom. The van der Waals surface area contributed by atoms with Gasteiger partial charge in [-0.3, -0.25) is 0 Å². The zero-order chi connectivity index (χ0) is 9.84. The molecule has 0 aliphatic carbocycles. The van der Waals surface area contributed by atoms with Crippen LogP contribution in [0.3, 0.4) is 0 Å². The first-order chi connectivity index (χ1) is 6.09. The molecule has 0 radical (unpaired) electrons. The Hall–Kier alpha value is -1.15. The van der Waals surface area contributed by atoms with E-state index >= 15 is 0 Å². The average Bonchev–Trinajstić information content (AvgIpc) is 2.02. The van der Waals surface area contributed by atoms with Crippen LogP contribution in [0.5, 0.6) is 0 Å². The van der Waals surface area contributed by atoms with Crippen LogP contribution in [0.4, 0.5) is 4.39 Å². The van der Waals surface area contributed by atoms with E-state index < -0.39 is 0 Å². The van der Waals surface area contributed by atoms with Crippen molar-refractivity contribution in [3.05, 3.63) is 41.2 Å². The third-order valence-corrected chi connectivity index (χ3v) is 1.74. The molecule has 0 bridgehead atoms. The number of rotatable bonds is 2. The molecule has 1 rings (SSSR count). The van der Waals surface area contributed by atoms with Gasteiger partial charge in [0.2, 0.25) is 0 Å². The molecule has 1 aromatic rings. The predicted molar refractivity (Wildman–Crippen MR) is 53.8 cm³/mol. The van der Waals surface area contributed by atoms with E-state index in [1.54, 1.807) is 18.2 Å². The van der Waals surface area contributed by atoms with Crippen molar-refractivity contribution in [1.82, 2.24) is 0 Å². The van der Waals surface area contributed by atoms with Crippen LogP contribution in [0.25, 0.3) is 6.08 Å². The van der Waals surface area contributed by atoms with Crippen molar-refractivity contribution in [2.45, 2.75) is 19.9 Å². The number of aryl methyl sites for hydroxylation is 1. The Labute approximate surface area is 78.1 Å². The second-order valence-corrected chi connectivity index (χ2v) is 3.24. The van der Waals surface area contributed by atoms with Gasteiger partial charge in [0.1, 0.15) is 5.82 Å². The van der Waals surface area contributed by atoms with E-state index in [0.29, 0.717) is 5.56 Å². The van der Waals surface area contributed by atoms with Crippen molar-refractivity contribution in [1.29, 1.82) is 0 Å². The molecular weight excluding hydrogens is 165 g/mol. The van der Waals surface area contributed by atoms with Crippen molar-refractivity contribution in [2.24, 2.45) is 5.73 Å². The van der Waals surface area contributed by atoms with E-state index in [0.717, 1.165) is 5.56 Å². The molecule has 0 aliphatic rings. The van der Waals surface area contributed by atoms with Crippen molar-refractivity contribution >= 4 is 6.08 Å². The third kappa shape index (κ3) is 2.99. The van der Waals surface area contributed by atoms with E-state index in [1.165, 1.54) is 6.07 Å². The lowest BCUT2D eigenvalue weighted by molar-refractivity contribution is 0.624. The Morgan fingerprint density at radius 3 is 2.69 bits per heavy atom. The van der Waals surface area contributed by atoms with Crippen LogP contribution in [0.1, 0.15) is 18.1 Å². The van der Waals surface area contributed by atoms with Crippen LogP contribution in [0.15, 0.2) is 24.3 Å². The molecule has 1 nitrogen and oxygen atoms in total. The first kappa shape index (κ1) is 9.93. The molecule has 13 heavy (non-hydrogen) atoms. The summed E-state index contributed by atoms with van der Waals surface area (Å²) >= 11 is 0. The molecule has 0 saturated carbocycles. The summed E-state index contributed by atoms with van der Waals surface area (Å²) in [7, 11) is 0. The van der Waals surface area contributed by atoms with Crippen molar-refractivity contribution in [2.75, 3.05) is 0 Å². The highest BCUT2D eigenvalue weighted by atomic mass is 19.1. The van der Waals surface area contributed by atoms with Gasteiger partial charge >= 0.3 is 0 Å². The van der Waals surface area contributed by atoms with E-state index in [4.69, 9.17) is 5.73 Å². The Kier molecular flexibility index (Phi) is 3.20. The molecule has 0 saturated heterocycles. The number of benzene rings is 1. The van der Waals surface area contributed by atoms with Crippen molar-refractivity contribution in [3.8, 4) is 0 Å². The number of hydrogen-bond acceptors (Lipinski definition) is 1. The normalized spacial score (nSPS) is 13.5. The lowest BCUT2D eigenvalue weighted by atomic mass is 10.1. The minimum Gasteiger partial charge on any atom is -0.325 e. The summed E-state index contributed by atoms with van der Waals surface area (Å²) in [4.78, 5) is 0. The first-order valence-electron chi connectivity index (χ1n) is 4.29. The van der Waals surface area contributed by atoms with Crippen LogP contribution in [-0.2, 0) is 0 Å². The highest BCUT2D eigenvalue weighted by molar-refractivity contribution is 5.51. The number of halogens is 1. The zero-order valence-corrected chi connectivity index (χ0v) is 7.92. The largest absolute Gasteiger partial charge is 0.325 e. The molecule has 0 amide bonds. The standard InChI is InChI=1S/C11H14FN/c1-8-3-5-10(11(12)7-8)6-4-9(2)13/h3-7,9H,13H2,1-2H3/b6-4+. The van der Waals surface area contributed by atoms with E-state index in [2.05, 4.69) is 0 Å². The first-order valence-corrected chi connectivity index (χ1v) is 4.29. The highest BCUT2D eigenvalue weighted by Crippen LogP contribution is 2.11. The smallest absolute Gasteiger partial charge is 0.130 e. The monoisotopic (exact) mass is 179 g/mol. The van der Waals surface area contributed by atoms with Gasteiger partial charge < -0.3 is 5.73 Å². The van der Waals surface area contributed by atoms with E-state index in [-0.39, 0.29) is 11.9 Å². The summed E-state index contributed by atoms with van der Waals surface area (Å²) in [5, 5.41) is 0. The molecule has 0 heterocycles. The van der Waals surface area contributed by atoms with Crippen LogP contribution in [-0.4, -0.2) is 6.04 Å². The van der Waals surface area contributed by atoms with Gasteiger partial charge in [0, 0.05) is 11.6 Å². The maximum absolute atomic E-state index is 13.2. The molecule has 0 aromatic heterocycles. The lowest BCUT2D eigenvalue weighted by Gasteiger charge is -1.99. The molecule has 2 N–H and O–H groups in total. The lowest BCUT2D eigenvalue weighted by Crippen LogP contribution is -2.09. The summed E-state index contributed by atoms with van der Waals surface area (Å²) in [6.07, 6.45) is 3.48. The minimum absolute atomic E-state index is 0.0410. The van der Waals surface area contributed by atoms with Gasteiger partial charge in [-0.25, -0.2) is 4.39 Å². The quantitative estimate of drug-likeness (QED) is 0.741. The van der Waals surface area contributed by atoms with Crippen LogP contribution in [0, 0.1) is 12.7 Å². The molecule has 1 aromatic carbocycles. The van der Waals surface area contributed by atoms with Crippen molar-refractivity contribution in [3.63, 3.8) is 0 Å². The highest BCUT2D eigenvalue weighted by Gasteiger charge is 1.97. The maximum atomic E-state index is 13.2. The summed E-state index contributed by atoms with van der Waals surface area (Å²) in [6.45, 7) is 3.71. The molecule has 70 valence electrons. The molecule has 1 atom stereocenters. The topological polar surface area (TPSA) is 26.0 Å². The fourth-order valence-electron chi connectivity index (χ4n) is 1.02. The Morgan fingerprint density at radius 1 is 1.46 bits per heavy atom. The van der Waals surface area contributed by atoms with Gasteiger partial charge in [0.05, 0.1) is 0 Å². The minimum atomic E-state index is -0.197. The summed E-state index contributed by atoms with van der Waals surface area (Å²) in [6, 6.07) is 5.11. The van der Waals surface area contributed by atoms with Gasteiger partial charge in [-0.1, -0.05) is 24.3 Å². The summed E-state index contributed by atoms with van der Waals surface area (Å²) in [5.41, 5.74) is 7.02.